The van der Waals surface area contributed by atoms with E-state index in [0.29, 0.717) is 5.69 Å². The fourth-order valence-electron chi connectivity index (χ4n) is 2.88. The minimum atomic E-state index is -4.48. The van der Waals surface area contributed by atoms with E-state index in [1.165, 1.54) is 19.1 Å². The minimum absolute atomic E-state index is 0.153. The van der Waals surface area contributed by atoms with Gasteiger partial charge >= 0.3 is 6.18 Å². The van der Waals surface area contributed by atoms with Gasteiger partial charge < -0.3 is 5.32 Å². The molecule has 29 heavy (non-hydrogen) atoms. The van der Waals surface area contributed by atoms with Crippen molar-refractivity contribution in [1.29, 1.82) is 0 Å². The zero-order chi connectivity index (χ0) is 21.8. The molecule has 0 saturated carbocycles. The lowest BCUT2D eigenvalue weighted by atomic mass is 10.1. The number of hydrogen-bond donors (Lipinski definition) is 1. The van der Waals surface area contributed by atoms with Crippen molar-refractivity contribution in [2.45, 2.75) is 39.0 Å². The maximum Gasteiger partial charge on any atom is 0.416 e. The van der Waals surface area contributed by atoms with Crippen molar-refractivity contribution in [3.63, 3.8) is 0 Å². The summed E-state index contributed by atoms with van der Waals surface area (Å²) in [4.78, 5) is 12.5. The quantitative estimate of drug-likeness (QED) is 0.731. The Kier molecular flexibility index (Phi) is 6.94. The van der Waals surface area contributed by atoms with Crippen LogP contribution in [-0.2, 0) is 34.0 Å². The maximum absolute atomic E-state index is 12.8. The first-order valence-electron chi connectivity index (χ1n) is 8.95. The Morgan fingerprint density at radius 1 is 1.10 bits per heavy atom. The van der Waals surface area contributed by atoms with Crippen molar-refractivity contribution in [3.8, 4) is 0 Å². The summed E-state index contributed by atoms with van der Waals surface area (Å²) in [6.45, 7) is 3.24. The van der Waals surface area contributed by atoms with Crippen molar-refractivity contribution in [1.82, 2.24) is 5.32 Å². The van der Waals surface area contributed by atoms with Crippen molar-refractivity contribution in [3.05, 3.63) is 65.2 Å². The number of carbonyl (C=O) groups excluding carboxylic acids is 1. The number of nitrogens with one attached hydrogen (secondary N) is 1. The third-order valence-corrected chi connectivity index (χ3v) is 5.65. The highest BCUT2D eigenvalue weighted by Gasteiger charge is 2.31. The normalized spacial score (nSPS) is 13.0. The molecule has 0 aromatic heterocycles. The summed E-state index contributed by atoms with van der Waals surface area (Å²) in [6.07, 6.45) is -2.70. The van der Waals surface area contributed by atoms with Gasteiger partial charge in [-0.3, -0.25) is 9.10 Å². The topological polar surface area (TPSA) is 66.5 Å². The Balaban J connectivity index is 2.17. The smallest absolute Gasteiger partial charge is 0.350 e. The number of alkyl halides is 3. The molecule has 0 radical (unpaired) electrons. The number of rotatable bonds is 7. The van der Waals surface area contributed by atoms with E-state index in [-0.39, 0.29) is 12.1 Å². The second-order valence-electron chi connectivity index (χ2n) is 6.67. The SMILES string of the molecule is CCc1ccc(N([C@H](C)C(=O)NCc2cccc(C(F)(F)F)c2)S(C)(=O)=O)cc1. The molecule has 0 spiro atoms. The maximum atomic E-state index is 12.8. The van der Waals surface area contributed by atoms with Crippen LogP contribution in [0, 0.1) is 0 Å². The molecule has 0 fully saturated rings. The number of carbonyl (C=O) groups is 1. The number of halogens is 3. The van der Waals surface area contributed by atoms with Gasteiger partial charge in [-0.1, -0.05) is 31.2 Å². The Bertz CT molecular complexity index is 958. The first-order chi connectivity index (χ1) is 13.4. The van der Waals surface area contributed by atoms with Crippen LogP contribution in [0.15, 0.2) is 48.5 Å². The molecule has 1 atom stereocenters. The van der Waals surface area contributed by atoms with Crippen molar-refractivity contribution < 1.29 is 26.4 Å². The van der Waals surface area contributed by atoms with E-state index in [2.05, 4.69) is 5.32 Å². The Morgan fingerprint density at radius 3 is 2.24 bits per heavy atom. The fraction of sp³-hybridized carbons (Fsp3) is 0.350. The standard InChI is InChI=1S/C20H23F3N2O3S/c1-4-15-8-10-18(11-9-15)25(29(3,27)28)14(2)19(26)24-13-16-6-5-7-17(12-16)20(21,22)23/h5-12,14H,4,13H2,1-3H3,(H,24,26)/t14-/m1/s1. The minimum Gasteiger partial charge on any atom is -0.350 e. The molecule has 0 aliphatic rings. The van der Waals surface area contributed by atoms with Gasteiger partial charge in [0.05, 0.1) is 17.5 Å². The average molecular weight is 428 g/mol. The molecule has 0 aliphatic heterocycles. The summed E-state index contributed by atoms with van der Waals surface area (Å²) in [6, 6.07) is 10.3. The van der Waals surface area contributed by atoms with Crippen LogP contribution in [0.5, 0.6) is 0 Å². The van der Waals surface area contributed by atoms with Crippen LogP contribution in [0.1, 0.15) is 30.5 Å². The second-order valence-corrected chi connectivity index (χ2v) is 8.53. The lowest BCUT2D eigenvalue weighted by Gasteiger charge is -2.28. The monoisotopic (exact) mass is 428 g/mol. The largest absolute Gasteiger partial charge is 0.416 e. The Labute approximate surface area is 168 Å². The molecule has 0 saturated heterocycles. The van der Waals surface area contributed by atoms with Crippen LogP contribution in [0.25, 0.3) is 0 Å². The van der Waals surface area contributed by atoms with Gasteiger partial charge in [-0.05, 0) is 48.7 Å². The van der Waals surface area contributed by atoms with Crippen LogP contribution < -0.4 is 9.62 Å². The highest BCUT2D eigenvalue weighted by Crippen LogP contribution is 2.29. The van der Waals surface area contributed by atoms with E-state index in [9.17, 15) is 26.4 Å². The second kappa shape index (κ2) is 8.86. The lowest BCUT2D eigenvalue weighted by molar-refractivity contribution is -0.137. The number of sulfonamides is 1. The molecular formula is C20H23F3N2O3S. The summed E-state index contributed by atoms with van der Waals surface area (Å²) >= 11 is 0. The first-order valence-corrected chi connectivity index (χ1v) is 10.8. The lowest BCUT2D eigenvalue weighted by Crippen LogP contribution is -2.47. The van der Waals surface area contributed by atoms with E-state index in [1.807, 2.05) is 6.92 Å². The Morgan fingerprint density at radius 2 is 1.72 bits per heavy atom. The molecule has 0 aliphatic carbocycles. The number of amides is 1. The molecule has 5 nitrogen and oxygen atoms in total. The zero-order valence-corrected chi connectivity index (χ0v) is 17.1. The highest BCUT2D eigenvalue weighted by atomic mass is 32.2. The molecule has 0 heterocycles. The molecule has 1 N–H and O–H groups in total. The summed E-state index contributed by atoms with van der Waals surface area (Å²) in [5.74, 6) is -0.618. The third kappa shape index (κ3) is 5.96. The predicted octanol–water partition coefficient (Wildman–Crippen LogP) is 3.74. The van der Waals surface area contributed by atoms with Crippen LogP contribution in [-0.4, -0.2) is 26.6 Å². The number of aryl methyl sites for hydroxylation is 1. The van der Waals surface area contributed by atoms with E-state index < -0.39 is 33.7 Å². The zero-order valence-electron chi connectivity index (χ0n) is 16.3. The fourth-order valence-corrected chi connectivity index (χ4v) is 4.06. The van der Waals surface area contributed by atoms with Gasteiger partial charge in [-0.15, -0.1) is 0 Å². The number of benzene rings is 2. The summed E-state index contributed by atoms with van der Waals surface area (Å²) in [5.41, 5.74) is 0.805. The van der Waals surface area contributed by atoms with Crippen LogP contribution in [0.3, 0.4) is 0 Å². The summed E-state index contributed by atoms with van der Waals surface area (Å²) in [5, 5.41) is 2.51. The molecule has 1 amide bonds. The average Bonchev–Trinajstić information content (AvgIpc) is 2.65. The van der Waals surface area contributed by atoms with E-state index >= 15 is 0 Å². The van der Waals surface area contributed by atoms with Gasteiger partial charge in [0.1, 0.15) is 6.04 Å². The van der Waals surface area contributed by atoms with Crippen LogP contribution >= 0.6 is 0 Å². The first kappa shape index (κ1) is 22.7. The molecule has 0 bridgehead atoms. The van der Waals surface area contributed by atoms with E-state index in [0.717, 1.165) is 34.7 Å². The van der Waals surface area contributed by atoms with E-state index in [1.54, 1.807) is 24.3 Å². The molecule has 2 aromatic rings. The summed E-state index contributed by atoms with van der Waals surface area (Å²) < 4.78 is 64.0. The van der Waals surface area contributed by atoms with Crippen LogP contribution in [0.2, 0.25) is 0 Å². The van der Waals surface area contributed by atoms with Gasteiger partial charge in [0.15, 0.2) is 0 Å². The predicted molar refractivity (Wildman–Crippen MR) is 106 cm³/mol. The van der Waals surface area contributed by atoms with Crippen molar-refractivity contribution >= 4 is 21.6 Å². The molecule has 0 unspecified atom stereocenters. The van der Waals surface area contributed by atoms with Crippen molar-refractivity contribution in [2.75, 3.05) is 10.6 Å². The number of hydrogen-bond acceptors (Lipinski definition) is 3. The van der Waals surface area contributed by atoms with Gasteiger partial charge in [-0.2, -0.15) is 13.2 Å². The van der Waals surface area contributed by atoms with Crippen LogP contribution in [0.4, 0.5) is 18.9 Å². The molecule has 2 aromatic carbocycles. The molecule has 158 valence electrons. The highest BCUT2D eigenvalue weighted by molar-refractivity contribution is 7.92. The van der Waals surface area contributed by atoms with Gasteiger partial charge in [-0.25, -0.2) is 8.42 Å². The van der Waals surface area contributed by atoms with E-state index in [4.69, 9.17) is 0 Å². The van der Waals surface area contributed by atoms with Gasteiger partial charge in [0, 0.05) is 6.54 Å². The summed E-state index contributed by atoms with van der Waals surface area (Å²) in [7, 11) is -3.77. The molecule has 2 rings (SSSR count). The Hall–Kier alpha value is -2.55. The molecule has 9 heteroatoms. The van der Waals surface area contributed by atoms with Gasteiger partial charge in [0.2, 0.25) is 15.9 Å². The third-order valence-electron chi connectivity index (χ3n) is 4.41. The van der Waals surface area contributed by atoms with Gasteiger partial charge in [0.25, 0.3) is 0 Å². The number of anilines is 1. The van der Waals surface area contributed by atoms with Crippen molar-refractivity contribution in [2.24, 2.45) is 0 Å². The molecular weight excluding hydrogens is 405 g/mol. The number of nitrogens with zero attached hydrogens (tertiary/aromatic N) is 1.